The Hall–Kier alpha value is -1.63. The smallest absolute Gasteiger partial charge is 0.243 e. The van der Waals surface area contributed by atoms with E-state index in [2.05, 4.69) is 10.6 Å². The van der Waals surface area contributed by atoms with E-state index in [1.807, 2.05) is 13.8 Å². The van der Waals surface area contributed by atoms with Crippen LogP contribution in [0.2, 0.25) is 0 Å². The summed E-state index contributed by atoms with van der Waals surface area (Å²) in [6, 6.07) is -1.41. The molecule has 3 atom stereocenters. The SMILES string of the molecule is CC[C@H](C)[C@H](NC(=O)[C@H](C)N)C(=O)NCC(N)=O. The third-order valence-corrected chi connectivity index (χ3v) is 2.64. The summed E-state index contributed by atoms with van der Waals surface area (Å²) in [6.07, 6.45) is 0.702. The average molecular weight is 258 g/mol. The highest BCUT2D eigenvalue weighted by molar-refractivity contribution is 5.91. The molecule has 0 aliphatic heterocycles. The van der Waals surface area contributed by atoms with Crippen LogP contribution in [0.25, 0.3) is 0 Å². The van der Waals surface area contributed by atoms with Crippen molar-refractivity contribution < 1.29 is 14.4 Å². The molecule has 0 saturated carbocycles. The van der Waals surface area contributed by atoms with Gasteiger partial charge in [0.15, 0.2) is 0 Å². The molecular weight excluding hydrogens is 236 g/mol. The standard InChI is InChI=1S/C11H22N4O3/c1-4-6(2)9(15-10(17)7(3)12)11(18)14-5-8(13)16/h6-7,9H,4-5,12H2,1-3H3,(H2,13,16)(H,14,18)(H,15,17)/t6-,7-,9-/m0/s1. The van der Waals surface area contributed by atoms with Crippen LogP contribution in [0.4, 0.5) is 0 Å². The van der Waals surface area contributed by atoms with Gasteiger partial charge in [-0.2, -0.15) is 0 Å². The Morgan fingerprint density at radius 1 is 1.17 bits per heavy atom. The van der Waals surface area contributed by atoms with E-state index < -0.39 is 29.8 Å². The van der Waals surface area contributed by atoms with Crippen molar-refractivity contribution in [1.29, 1.82) is 0 Å². The van der Waals surface area contributed by atoms with Crippen LogP contribution in [0.5, 0.6) is 0 Å². The van der Waals surface area contributed by atoms with Crippen LogP contribution in [-0.2, 0) is 14.4 Å². The van der Waals surface area contributed by atoms with E-state index in [4.69, 9.17) is 11.5 Å². The number of nitrogens with two attached hydrogens (primary N) is 2. The topological polar surface area (TPSA) is 127 Å². The highest BCUT2D eigenvalue weighted by atomic mass is 16.2. The van der Waals surface area contributed by atoms with E-state index in [0.29, 0.717) is 6.42 Å². The second kappa shape index (κ2) is 7.65. The van der Waals surface area contributed by atoms with Gasteiger partial charge >= 0.3 is 0 Å². The van der Waals surface area contributed by atoms with Gasteiger partial charge in [0.25, 0.3) is 0 Å². The summed E-state index contributed by atoms with van der Waals surface area (Å²) in [5, 5.41) is 4.94. The first-order valence-electron chi connectivity index (χ1n) is 5.91. The molecule has 0 aliphatic rings. The zero-order valence-electron chi connectivity index (χ0n) is 11.0. The number of hydrogen-bond donors (Lipinski definition) is 4. The molecule has 3 amide bonds. The third-order valence-electron chi connectivity index (χ3n) is 2.64. The third kappa shape index (κ3) is 5.62. The molecule has 7 heteroatoms. The lowest BCUT2D eigenvalue weighted by molar-refractivity contribution is -0.131. The van der Waals surface area contributed by atoms with Crippen molar-refractivity contribution in [2.45, 2.75) is 39.3 Å². The maximum absolute atomic E-state index is 11.8. The molecular formula is C11H22N4O3. The fraction of sp³-hybridized carbons (Fsp3) is 0.727. The Labute approximate surface area is 107 Å². The van der Waals surface area contributed by atoms with Crippen LogP contribution in [0.1, 0.15) is 27.2 Å². The molecule has 0 saturated heterocycles. The number of carbonyl (C=O) groups is 3. The minimum absolute atomic E-state index is 0.0689. The molecule has 0 aliphatic carbocycles. The lowest BCUT2D eigenvalue weighted by atomic mass is 9.98. The number of carbonyl (C=O) groups excluding carboxylic acids is 3. The Morgan fingerprint density at radius 2 is 1.72 bits per heavy atom. The van der Waals surface area contributed by atoms with Crippen molar-refractivity contribution in [3.63, 3.8) is 0 Å². The van der Waals surface area contributed by atoms with E-state index >= 15 is 0 Å². The predicted octanol–water partition coefficient (Wildman–Crippen LogP) is -1.53. The summed E-state index contributed by atoms with van der Waals surface area (Å²) in [5.74, 6) is -1.54. The van der Waals surface area contributed by atoms with E-state index in [0.717, 1.165) is 0 Å². The fourth-order valence-corrected chi connectivity index (χ4v) is 1.27. The lowest BCUT2D eigenvalue weighted by Gasteiger charge is -2.24. The zero-order chi connectivity index (χ0) is 14.3. The molecule has 0 aromatic heterocycles. The minimum atomic E-state index is -0.715. The Balaban J connectivity index is 4.62. The molecule has 0 aromatic rings. The van der Waals surface area contributed by atoms with Gasteiger partial charge in [0.05, 0.1) is 12.6 Å². The molecule has 104 valence electrons. The van der Waals surface area contributed by atoms with Gasteiger partial charge in [0.2, 0.25) is 17.7 Å². The number of nitrogens with one attached hydrogen (secondary N) is 2. The summed E-state index contributed by atoms with van der Waals surface area (Å²) >= 11 is 0. The Bertz CT molecular complexity index is 317. The monoisotopic (exact) mass is 258 g/mol. The zero-order valence-corrected chi connectivity index (χ0v) is 11.0. The molecule has 0 unspecified atom stereocenters. The molecule has 0 spiro atoms. The first-order chi connectivity index (χ1) is 8.29. The largest absolute Gasteiger partial charge is 0.368 e. The van der Waals surface area contributed by atoms with E-state index in [1.165, 1.54) is 6.92 Å². The second-order valence-electron chi connectivity index (χ2n) is 4.34. The molecule has 0 heterocycles. The maximum atomic E-state index is 11.8. The highest BCUT2D eigenvalue weighted by Gasteiger charge is 2.26. The predicted molar refractivity (Wildman–Crippen MR) is 67.2 cm³/mol. The van der Waals surface area contributed by atoms with Crippen molar-refractivity contribution in [1.82, 2.24) is 10.6 Å². The number of rotatable bonds is 7. The van der Waals surface area contributed by atoms with Crippen molar-refractivity contribution in [2.24, 2.45) is 17.4 Å². The molecule has 7 nitrogen and oxygen atoms in total. The number of amides is 3. The quantitative estimate of drug-likeness (QED) is 0.441. The first-order valence-corrected chi connectivity index (χ1v) is 5.91. The minimum Gasteiger partial charge on any atom is -0.368 e. The van der Waals surface area contributed by atoms with Gasteiger partial charge < -0.3 is 22.1 Å². The van der Waals surface area contributed by atoms with E-state index in [-0.39, 0.29) is 12.5 Å². The normalized spacial score (nSPS) is 15.3. The summed E-state index contributed by atoms with van der Waals surface area (Å²) in [6.45, 7) is 5.01. The maximum Gasteiger partial charge on any atom is 0.243 e. The van der Waals surface area contributed by atoms with Crippen LogP contribution in [0.15, 0.2) is 0 Å². The van der Waals surface area contributed by atoms with Crippen LogP contribution in [0.3, 0.4) is 0 Å². The summed E-state index contributed by atoms with van der Waals surface area (Å²) < 4.78 is 0. The van der Waals surface area contributed by atoms with Crippen LogP contribution in [-0.4, -0.2) is 36.3 Å². The van der Waals surface area contributed by atoms with Gasteiger partial charge in [0, 0.05) is 0 Å². The summed E-state index contributed by atoms with van der Waals surface area (Å²) in [5.41, 5.74) is 10.4. The average Bonchev–Trinajstić information content (AvgIpc) is 2.31. The first kappa shape index (κ1) is 16.4. The van der Waals surface area contributed by atoms with Crippen LogP contribution >= 0.6 is 0 Å². The van der Waals surface area contributed by atoms with Crippen molar-refractivity contribution in [3.8, 4) is 0 Å². The van der Waals surface area contributed by atoms with Gasteiger partial charge in [-0.1, -0.05) is 20.3 Å². The van der Waals surface area contributed by atoms with Crippen LogP contribution < -0.4 is 22.1 Å². The molecule has 0 aromatic carbocycles. The van der Waals surface area contributed by atoms with Gasteiger partial charge in [0.1, 0.15) is 6.04 Å². The Kier molecular flexibility index (Phi) is 6.96. The second-order valence-corrected chi connectivity index (χ2v) is 4.34. The van der Waals surface area contributed by atoms with Gasteiger partial charge in [-0.3, -0.25) is 14.4 Å². The lowest BCUT2D eigenvalue weighted by Crippen LogP contribution is -2.54. The summed E-state index contributed by atoms with van der Waals surface area (Å²) in [4.78, 5) is 33.9. The highest BCUT2D eigenvalue weighted by Crippen LogP contribution is 2.08. The molecule has 0 radical (unpaired) electrons. The molecule has 18 heavy (non-hydrogen) atoms. The van der Waals surface area contributed by atoms with Crippen LogP contribution in [0, 0.1) is 5.92 Å². The van der Waals surface area contributed by atoms with Gasteiger partial charge in [-0.15, -0.1) is 0 Å². The summed E-state index contributed by atoms with van der Waals surface area (Å²) in [7, 11) is 0. The molecule has 0 fully saturated rings. The van der Waals surface area contributed by atoms with Gasteiger partial charge in [-0.05, 0) is 12.8 Å². The van der Waals surface area contributed by atoms with Gasteiger partial charge in [-0.25, -0.2) is 0 Å². The fourth-order valence-electron chi connectivity index (χ4n) is 1.27. The number of primary amides is 1. The molecule has 0 bridgehead atoms. The van der Waals surface area contributed by atoms with Crippen molar-refractivity contribution in [2.75, 3.05) is 6.54 Å². The van der Waals surface area contributed by atoms with E-state index in [9.17, 15) is 14.4 Å². The molecule has 0 rings (SSSR count). The number of hydrogen-bond acceptors (Lipinski definition) is 4. The Morgan fingerprint density at radius 3 is 2.11 bits per heavy atom. The van der Waals surface area contributed by atoms with E-state index in [1.54, 1.807) is 0 Å². The van der Waals surface area contributed by atoms with Crippen molar-refractivity contribution in [3.05, 3.63) is 0 Å². The van der Waals surface area contributed by atoms with Crippen molar-refractivity contribution >= 4 is 17.7 Å². The molecule has 6 N–H and O–H groups in total.